The van der Waals surface area contributed by atoms with Crippen LogP contribution in [0.1, 0.15) is 28.8 Å². The molecule has 0 saturated carbocycles. The first-order chi connectivity index (χ1) is 10.4. The fourth-order valence-corrected chi connectivity index (χ4v) is 4.44. The topological polar surface area (TPSA) is 54.5 Å². The molecule has 22 heavy (non-hydrogen) atoms. The van der Waals surface area contributed by atoms with Gasteiger partial charge in [-0.2, -0.15) is 0 Å². The van der Waals surface area contributed by atoms with Gasteiger partial charge in [0.1, 0.15) is 4.90 Å². The highest BCUT2D eigenvalue weighted by Gasteiger charge is 2.41. The molecule has 0 N–H and O–H groups in total. The predicted octanol–water partition coefficient (Wildman–Crippen LogP) is 3.29. The van der Waals surface area contributed by atoms with Crippen LogP contribution in [-0.2, 0) is 10.0 Å². The molecule has 0 bridgehead atoms. The average molecular weight is 336 g/mol. The van der Waals surface area contributed by atoms with Gasteiger partial charge < -0.3 is 0 Å². The summed E-state index contributed by atoms with van der Waals surface area (Å²) in [5.74, 6) is -0.615. The van der Waals surface area contributed by atoms with E-state index in [1.807, 2.05) is 19.1 Å². The van der Waals surface area contributed by atoms with Crippen molar-refractivity contribution < 1.29 is 13.2 Å². The number of amides is 1. The molecule has 0 fully saturated rings. The summed E-state index contributed by atoms with van der Waals surface area (Å²) in [7, 11) is -3.76. The molecule has 4 nitrogen and oxygen atoms in total. The first kappa shape index (κ1) is 15.1. The lowest BCUT2D eigenvalue weighted by Crippen LogP contribution is -2.33. The molecule has 0 radical (unpaired) electrons. The SMILES string of the molecule is CC(CN1C(=O)c2ccccc2S1(=O)=O)c1cccc(Cl)c1. The summed E-state index contributed by atoms with van der Waals surface area (Å²) in [4.78, 5) is 12.4. The summed E-state index contributed by atoms with van der Waals surface area (Å²) in [6, 6.07) is 13.5. The van der Waals surface area contributed by atoms with Crippen LogP contribution in [0, 0.1) is 0 Å². The standard InChI is InChI=1S/C16H14ClNO3S/c1-11(12-5-4-6-13(17)9-12)10-18-16(19)14-7-2-3-8-15(14)22(18,20)21/h2-9,11H,10H2,1H3. The molecule has 1 atom stereocenters. The Hall–Kier alpha value is -1.85. The normalized spacial score (nSPS) is 17.4. The molecular weight excluding hydrogens is 322 g/mol. The van der Waals surface area contributed by atoms with Crippen LogP contribution >= 0.6 is 11.6 Å². The van der Waals surface area contributed by atoms with E-state index in [2.05, 4.69) is 0 Å². The van der Waals surface area contributed by atoms with E-state index in [1.54, 1.807) is 30.3 Å². The lowest BCUT2D eigenvalue weighted by Gasteiger charge is -2.20. The van der Waals surface area contributed by atoms with Crippen LogP contribution in [0.4, 0.5) is 0 Å². The van der Waals surface area contributed by atoms with Crippen molar-refractivity contribution in [2.24, 2.45) is 0 Å². The van der Waals surface area contributed by atoms with E-state index in [4.69, 9.17) is 11.6 Å². The molecule has 1 amide bonds. The van der Waals surface area contributed by atoms with Gasteiger partial charge in [-0.15, -0.1) is 0 Å². The lowest BCUT2D eigenvalue weighted by molar-refractivity contribution is 0.0867. The summed E-state index contributed by atoms with van der Waals surface area (Å²) in [6.07, 6.45) is 0. The molecule has 2 aromatic carbocycles. The third kappa shape index (κ3) is 2.40. The van der Waals surface area contributed by atoms with Crippen LogP contribution in [-0.4, -0.2) is 25.2 Å². The smallest absolute Gasteiger partial charge is 0.268 e. The minimum atomic E-state index is -3.76. The zero-order valence-corrected chi connectivity index (χ0v) is 13.4. The average Bonchev–Trinajstić information content (AvgIpc) is 2.69. The van der Waals surface area contributed by atoms with Crippen molar-refractivity contribution in [2.45, 2.75) is 17.7 Å². The number of hydrogen-bond donors (Lipinski definition) is 0. The Morgan fingerprint density at radius 3 is 2.55 bits per heavy atom. The number of halogens is 1. The second-order valence-electron chi connectivity index (χ2n) is 5.29. The van der Waals surface area contributed by atoms with Crippen LogP contribution < -0.4 is 0 Å². The van der Waals surface area contributed by atoms with Crippen LogP contribution in [0.2, 0.25) is 5.02 Å². The Bertz CT molecular complexity index is 848. The fraction of sp³-hybridized carbons (Fsp3) is 0.188. The zero-order chi connectivity index (χ0) is 15.9. The van der Waals surface area contributed by atoms with Crippen molar-refractivity contribution in [3.63, 3.8) is 0 Å². The number of benzene rings is 2. The maximum absolute atomic E-state index is 12.5. The van der Waals surface area contributed by atoms with Gasteiger partial charge in [-0.3, -0.25) is 4.79 Å². The van der Waals surface area contributed by atoms with Gasteiger partial charge >= 0.3 is 0 Å². The second kappa shape index (κ2) is 5.41. The van der Waals surface area contributed by atoms with Gasteiger partial charge in [-0.25, -0.2) is 12.7 Å². The van der Waals surface area contributed by atoms with E-state index in [9.17, 15) is 13.2 Å². The molecule has 1 aliphatic heterocycles. The number of carbonyl (C=O) groups is 1. The maximum Gasteiger partial charge on any atom is 0.269 e. The zero-order valence-electron chi connectivity index (χ0n) is 11.9. The summed E-state index contributed by atoms with van der Waals surface area (Å²) in [5.41, 5.74) is 1.13. The molecule has 2 aromatic rings. The van der Waals surface area contributed by atoms with Gasteiger partial charge in [0.05, 0.1) is 5.56 Å². The third-order valence-electron chi connectivity index (χ3n) is 3.77. The molecule has 1 aliphatic rings. The Morgan fingerprint density at radius 1 is 1.14 bits per heavy atom. The monoisotopic (exact) mass is 335 g/mol. The van der Waals surface area contributed by atoms with Gasteiger partial charge in [0.25, 0.3) is 15.9 Å². The first-order valence-electron chi connectivity index (χ1n) is 6.83. The number of nitrogens with zero attached hydrogens (tertiary/aromatic N) is 1. The van der Waals surface area contributed by atoms with Crippen LogP contribution in [0.3, 0.4) is 0 Å². The van der Waals surface area contributed by atoms with E-state index >= 15 is 0 Å². The minimum Gasteiger partial charge on any atom is -0.268 e. The molecule has 0 saturated heterocycles. The summed E-state index contributed by atoms with van der Waals surface area (Å²) in [6.45, 7) is 1.97. The molecule has 6 heteroatoms. The quantitative estimate of drug-likeness (QED) is 0.864. The largest absolute Gasteiger partial charge is 0.269 e. The Kier molecular flexibility index (Phi) is 3.70. The van der Waals surface area contributed by atoms with E-state index in [0.717, 1.165) is 9.87 Å². The van der Waals surface area contributed by atoms with Crippen molar-refractivity contribution in [1.82, 2.24) is 4.31 Å². The van der Waals surface area contributed by atoms with Gasteiger partial charge in [0.15, 0.2) is 0 Å². The van der Waals surface area contributed by atoms with Gasteiger partial charge in [-0.1, -0.05) is 42.8 Å². The number of rotatable bonds is 3. The van der Waals surface area contributed by atoms with E-state index < -0.39 is 15.9 Å². The van der Waals surface area contributed by atoms with Crippen molar-refractivity contribution in [3.05, 3.63) is 64.7 Å². The van der Waals surface area contributed by atoms with E-state index in [0.29, 0.717) is 5.02 Å². The molecule has 1 unspecified atom stereocenters. The highest BCUT2D eigenvalue weighted by molar-refractivity contribution is 7.90. The molecule has 3 rings (SSSR count). The van der Waals surface area contributed by atoms with Crippen molar-refractivity contribution in [2.75, 3.05) is 6.54 Å². The predicted molar refractivity (Wildman–Crippen MR) is 84.5 cm³/mol. The van der Waals surface area contributed by atoms with Gasteiger partial charge in [-0.05, 0) is 35.7 Å². The van der Waals surface area contributed by atoms with Crippen LogP contribution in [0.5, 0.6) is 0 Å². The van der Waals surface area contributed by atoms with Crippen molar-refractivity contribution in [3.8, 4) is 0 Å². The van der Waals surface area contributed by atoms with Crippen molar-refractivity contribution >= 4 is 27.5 Å². The van der Waals surface area contributed by atoms with E-state index in [1.165, 1.54) is 6.07 Å². The number of fused-ring (bicyclic) bond motifs is 1. The highest BCUT2D eigenvalue weighted by atomic mass is 35.5. The molecule has 0 aromatic heterocycles. The summed E-state index contributed by atoms with van der Waals surface area (Å²) in [5, 5.41) is 0.586. The lowest BCUT2D eigenvalue weighted by atomic mass is 10.0. The first-order valence-corrected chi connectivity index (χ1v) is 8.64. The van der Waals surface area contributed by atoms with E-state index in [-0.39, 0.29) is 22.9 Å². The third-order valence-corrected chi connectivity index (χ3v) is 5.81. The molecule has 0 spiro atoms. The molecule has 0 aliphatic carbocycles. The molecular formula is C16H14ClNO3S. The Labute approximate surface area is 134 Å². The van der Waals surface area contributed by atoms with Crippen molar-refractivity contribution in [1.29, 1.82) is 0 Å². The summed E-state index contributed by atoms with van der Waals surface area (Å²) >= 11 is 5.96. The van der Waals surface area contributed by atoms with Gasteiger partial charge in [0, 0.05) is 11.6 Å². The maximum atomic E-state index is 12.5. The Balaban J connectivity index is 1.92. The number of carbonyl (C=O) groups excluding carboxylic acids is 1. The molecule has 1 heterocycles. The number of hydrogen-bond acceptors (Lipinski definition) is 3. The minimum absolute atomic E-state index is 0.0818. The fourth-order valence-electron chi connectivity index (χ4n) is 2.58. The second-order valence-corrected chi connectivity index (χ2v) is 7.56. The highest BCUT2D eigenvalue weighted by Crippen LogP contribution is 2.32. The van der Waals surface area contributed by atoms with Crippen LogP contribution in [0.25, 0.3) is 0 Å². The Morgan fingerprint density at radius 2 is 1.86 bits per heavy atom. The molecule has 114 valence electrons. The van der Waals surface area contributed by atoms with Crippen LogP contribution in [0.15, 0.2) is 53.4 Å². The number of sulfonamides is 1. The summed E-state index contributed by atoms with van der Waals surface area (Å²) < 4.78 is 26.0. The van der Waals surface area contributed by atoms with Gasteiger partial charge in [0.2, 0.25) is 0 Å².